The van der Waals surface area contributed by atoms with Crippen LogP contribution in [0.25, 0.3) is 11.3 Å². The molecule has 2 heterocycles. The number of amides is 1. The Morgan fingerprint density at radius 2 is 1.76 bits per heavy atom. The molecule has 4 rings (SSSR count). The van der Waals surface area contributed by atoms with Gasteiger partial charge in [-0.05, 0) is 37.5 Å². The van der Waals surface area contributed by atoms with Crippen LogP contribution >= 0.6 is 0 Å². The second-order valence-corrected chi connectivity index (χ2v) is 7.64. The van der Waals surface area contributed by atoms with E-state index in [4.69, 9.17) is 4.52 Å². The summed E-state index contributed by atoms with van der Waals surface area (Å²) >= 11 is 0. The molecule has 1 aliphatic rings. The lowest BCUT2D eigenvalue weighted by molar-refractivity contribution is -0.131. The van der Waals surface area contributed by atoms with E-state index in [-0.39, 0.29) is 5.91 Å². The molecule has 1 aliphatic heterocycles. The second kappa shape index (κ2) is 8.52. The summed E-state index contributed by atoms with van der Waals surface area (Å²) in [6.45, 7) is 7.60. The first-order chi connectivity index (χ1) is 14.1. The van der Waals surface area contributed by atoms with Crippen LogP contribution in [0.4, 0.5) is 5.69 Å². The van der Waals surface area contributed by atoms with Crippen molar-refractivity contribution >= 4 is 11.6 Å². The van der Waals surface area contributed by atoms with Gasteiger partial charge >= 0.3 is 0 Å². The highest BCUT2D eigenvalue weighted by Crippen LogP contribution is 2.25. The van der Waals surface area contributed by atoms with Crippen molar-refractivity contribution in [3.63, 3.8) is 0 Å². The molecule has 1 saturated heterocycles. The van der Waals surface area contributed by atoms with Gasteiger partial charge in [-0.25, -0.2) is 0 Å². The third kappa shape index (κ3) is 4.19. The highest BCUT2D eigenvalue weighted by Gasteiger charge is 2.22. The van der Waals surface area contributed by atoms with Crippen molar-refractivity contribution in [3.05, 3.63) is 71.5 Å². The number of carbonyl (C=O) groups is 1. The maximum absolute atomic E-state index is 12.8. The molecule has 150 valence electrons. The second-order valence-electron chi connectivity index (χ2n) is 7.64. The fraction of sp³-hybridized carbons (Fsp3) is 0.333. The quantitative estimate of drug-likeness (QED) is 0.655. The molecular formula is C24H27N3O2. The minimum atomic E-state index is 0.200. The van der Waals surface area contributed by atoms with Gasteiger partial charge < -0.3 is 14.3 Å². The van der Waals surface area contributed by atoms with Crippen LogP contribution in [-0.4, -0.2) is 42.1 Å². The van der Waals surface area contributed by atoms with Crippen molar-refractivity contribution in [3.8, 4) is 11.3 Å². The van der Waals surface area contributed by atoms with Gasteiger partial charge in [0.15, 0.2) is 0 Å². The van der Waals surface area contributed by atoms with E-state index in [0.29, 0.717) is 12.8 Å². The summed E-state index contributed by atoms with van der Waals surface area (Å²) in [5, 5.41) is 4.13. The Kier molecular flexibility index (Phi) is 5.65. The van der Waals surface area contributed by atoms with Crippen molar-refractivity contribution in [1.82, 2.24) is 10.1 Å². The van der Waals surface area contributed by atoms with Gasteiger partial charge in [0, 0.05) is 49.4 Å². The molecule has 0 bridgehead atoms. The Balaban J connectivity index is 1.33. The molecule has 0 atom stereocenters. The maximum Gasteiger partial charge on any atom is 0.223 e. The zero-order valence-corrected chi connectivity index (χ0v) is 17.1. The molecule has 0 N–H and O–H groups in total. The fourth-order valence-corrected chi connectivity index (χ4v) is 3.94. The van der Waals surface area contributed by atoms with Crippen molar-refractivity contribution in [1.29, 1.82) is 0 Å². The lowest BCUT2D eigenvalue weighted by Crippen LogP contribution is -2.49. The molecule has 0 unspecified atom stereocenters. The Morgan fingerprint density at radius 3 is 2.52 bits per heavy atom. The van der Waals surface area contributed by atoms with Gasteiger partial charge in [-0.1, -0.05) is 47.6 Å². The van der Waals surface area contributed by atoms with E-state index in [1.54, 1.807) is 6.26 Å². The van der Waals surface area contributed by atoms with Crippen LogP contribution in [0, 0.1) is 13.8 Å². The molecule has 5 heteroatoms. The topological polar surface area (TPSA) is 49.6 Å². The largest absolute Gasteiger partial charge is 0.368 e. The number of piperazine rings is 1. The average Bonchev–Trinajstić information content (AvgIpc) is 3.23. The fourth-order valence-electron chi connectivity index (χ4n) is 3.94. The van der Waals surface area contributed by atoms with E-state index in [9.17, 15) is 4.79 Å². The van der Waals surface area contributed by atoms with Crippen LogP contribution in [0.15, 0.2) is 59.3 Å². The normalized spacial score (nSPS) is 14.3. The molecule has 1 amide bonds. The van der Waals surface area contributed by atoms with Gasteiger partial charge in [0.1, 0.15) is 12.0 Å². The monoisotopic (exact) mass is 389 g/mol. The lowest BCUT2D eigenvalue weighted by Gasteiger charge is -2.37. The molecule has 3 aromatic rings. The van der Waals surface area contributed by atoms with Crippen LogP contribution < -0.4 is 4.90 Å². The zero-order valence-electron chi connectivity index (χ0n) is 17.1. The van der Waals surface area contributed by atoms with Crippen LogP contribution in [0.5, 0.6) is 0 Å². The minimum Gasteiger partial charge on any atom is -0.368 e. The van der Waals surface area contributed by atoms with Crippen molar-refractivity contribution < 1.29 is 9.32 Å². The number of aromatic nitrogens is 1. The number of benzene rings is 2. The summed E-state index contributed by atoms with van der Waals surface area (Å²) in [6, 6.07) is 16.4. The van der Waals surface area contributed by atoms with E-state index in [0.717, 1.165) is 43.0 Å². The first-order valence-corrected chi connectivity index (χ1v) is 10.2. The van der Waals surface area contributed by atoms with E-state index in [1.165, 1.54) is 16.8 Å². The number of carbonyl (C=O) groups excluding carboxylic acids is 1. The standard InChI is InChI=1S/C24H27N3O2/c1-18-7-6-10-22(19(18)2)26-13-15-27(16-14-26)23(28)12-11-21-17-29-25-24(21)20-8-4-3-5-9-20/h3-10,17H,11-16H2,1-2H3. The Bertz CT molecular complexity index is 973. The number of hydrogen-bond acceptors (Lipinski definition) is 4. The highest BCUT2D eigenvalue weighted by atomic mass is 16.5. The smallest absolute Gasteiger partial charge is 0.223 e. The van der Waals surface area contributed by atoms with E-state index in [2.05, 4.69) is 42.1 Å². The average molecular weight is 389 g/mol. The van der Waals surface area contributed by atoms with Crippen LogP contribution in [0.3, 0.4) is 0 Å². The lowest BCUT2D eigenvalue weighted by atomic mass is 10.0. The Morgan fingerprint density at radius 1 is 1.00 bits per heavy atom. The van der Waals surface area contributed by atoms with E-state index >= 15 is 0 Å². The number of nitrogens with zero attached hydrogens (tertiary/aromatic N) is 3. The molecule has 1 fully saturated rings. The molecule has 0 radical (unpaired) electrons. The molecule has 0 aliphatic carbocycles. The first-order valence-electron chi connectivity index (χ1n) is 10.2. The third-order valence-electron chi connectivity index (χ3n) is 5.85. The SMILES string of the molecule is Cc1cccc(N2CCN(C(=O)CCc3conc3-c3ccccc3)CC2)c1C. The summed E-state index contributed by atoms with van der Waals surface area (Å²) in [5.41, 5.74) is 6.76. The predicted octanol–water partition coefficient (Wildman–Crippen LogP) is 4.24. The maximum atomic E-state index is 12.8. The molecular weight excluding hydrogens is 362 g/mol. The summed E-state index contributed by atoms with van der Waals surface area (Å²) in [7, 11) is 0. The summed E-state index contributed by atoms with van der Waals surface area (Å²) in [6.07, 6.45) is 2.78. The highest BCUT2D eigenvalue weighted by molar-refractivity contribution is 5.77. The molecule has 0 spiro atoms. The number of anilines is 1. The predicted molar refractivity (Wildman–Crippen MR) is 115 cm³/mol. The Hall–Kier alpha value is -3.08. The molecule has 0 saturated carbocycles. The van der Waals surface area contributed by atoms with Gasteiger partial charge in [-0.3, -0.25) is 4.79 Å². The van der Waals surface area contributed by atoms with Gasteiger partial charge in [-0.15, -0.1) is 0 Å². The third-order valence-corrected chi connectivity index (χ3v) is 5.85. The van der Waals surface area contributed by atoms with Crippen LogP contribution in [-0.2, 0) is 11.2 Å². The summed E-state index contributed by atoms with van der Waals surface area (Å²) in [5.74, 6) is 0.200. The molecule has 1 aromatic heterocycles. The van der Waals surface area contributed by atoms with E-state index < -0.39 is 0 Å². The number of aryl methyl sites for hydroxylation is 2. The van der Waals surface area contributed by atoms with Crippen molar-refractivity contribution in [2.75, 3.05) is 31.1 Å². The number of rotatable bonds is 5. The first kappa shape index (κ1) is 19.2. The minimum absolute atomic E-state index is 0.200. The Labute approximate surface area is 171 Å². The summed E-state index contributed by atoms with van der Waals surface area (Å²) < 4.78 is 5.18. The van der Waals surface area contributed by atoms with Gasteiger partial charge in [0.2, 0.25) is 5.91 Å². The zero-order chi connectivity index (χ0) is 20.2. The van der Waals surface area contributed by atoms with Gasteiger partial charge in [0.25, 0.3) is 0 Å². The van der Waals surface area contributed by atoms with Crippen LogP contribution in [0.1, 0.15) is 23.1 Å². The van der Waals surface area contributed by atoms with Crippen molar-refractivity contribution in [2.45, 2.75) is 26.7 Å². The van der Waals surface area contributed by atoms with Gasteiger partial charge in [-0.2, -0.15) is 0 Å². The van der Waals surface area contributed by atoms with Crippen LogP contribution in [0.2, 0.25) is 0 Å². The van der Waals surface area contributed by atoms with E-state index in [1.807, 2.05) is 35.2 Å². The van der Waals surface area contributed by atoms with Crippen molar-refractivity contribution in [2.24, 2.45) is 0 Å². The summed E-state index contributed by atoms with van der Waals surface area (Å²) in [4.78, 5) is 17.1. The molecule has 29 heavy (non-hydrogen) atoms. The van der Waals surface area contributed by atoms with Gasteiger partial charge in [0.05, 0.1) is 0 Å². The molecule has 5 nitrogen and oxygen atoms in total. The number of hydrogen-bond donors (Lipinski definition) is 0. The molecule has 2 aromatic carbocycles.